The van der Waals surface area contributed by atoms with Gasteiger partial charge in [0.25, 0.3) is 0 Å². The van der Waals surface area contributed by atoms with Gasteiger partial charge in [0.15, 0.2) is 0 Å². The van der Waals surface area contributed by atoms with Crippen molar-refractivity contribution in [1.82, 2.24) is 4.72 Å². The molecule has 0 radical (unpaired) electrons. The van der Waals surface area contributed by atoms with E-state index in [1.54, 1.807) is 0 Å². The van der Waals surface area contributed by atoms with E-state index >= 15 is 0 Å². The average molecular weight is 207 g/mol. The molecule has 0 aromatic carbocycles. The molecule has 0 spiro atoms. The van der Waals surface area contributed by atoms with Crippen LogP contribution in [0.15, 0.2) is 0 Å². The zero-order valence-corrected chi connectivity index (χ0v) is 8.47. The smallest absolute Gasteiger partial charge is 0.323 e. The summed E-state index contributed by atoms with van der Waals surface area (Å²) in [5.41, 5.74) is 0. The Kier molecular flexibility index (Phi) is 6.34. The normalized spacial score (nSPS) is 11.9. The largest absolute Gasteiger partial charge is 0.469 e. The first-order chi connectivity index (χ1) is 6.15. The van der Waals surface area contributed by atoms with Crippen molar-refractivity contribution in [3.05, 3.63) is 0 Å². The number of thiol groups is 1. The fourth-order valence-electron chi connectivity index (χ4n) is 0.742. The summed E-state index contributed by atoms with van der Waals surface area (Å²) in [7, 11) is 2.57. The molecular formula is C7H13NO4S. The van der Waals surface area contributed by atoms with E-state index < -0.39 is 12.0 Å². The zero-order valence-electron chi connectivity index (χ0n) is 7.57. The van der Waals surface area contributed by atoms with E-state index in [9.17, 15) is 9.59 Å². The van der Waals surface area contributed by atoms with Crippen LogP contribution in [0.25, 0.3) is 0 Å². The Morgan fingerprint density at radius 2 is 2.00 bits per heavy atom. The summed E-state index contributed by atoms with van der Waals surface area (Å²) in [4.78, 5) is 21.7. The molecule has 1 atom stereocenters. The van der Waals surface area contributed by atoms with Gasteiger partial charge in [-0.05, 0) is 6.42 Å². The van der Waals surface area contributed by atoms with Gasteiger partial charge in [0.05, 0.1) is 14.2 Å². The maximum Gasteiger partial charge on any atom is 0.323 e. The molecule has 5 nitrogen and oxygen atoms in total. The van der Waals surface area contributed by atoms with Gasteiger partial charge in [0.2, 0.25) is 0 Å². The first-order valence-electron chi connectivity index (χ1n) is 3.70. The summed E-state index contributed by atoms with van der Waals surface area (Å²) in [5, 5.41) is 0. The molecule has 1 N–H and O–H groups in total. The molecule has 6 heteroatoms. The minimum absolute atomic E-state index is 0.157. The molecule has 13 heavy (non-hydrogen) atoms. The molecule has 0 saturated heterocycles. The molecule has 0 aliphatic heterocycles. The van der Waals surface area contributed by atoms with Gasteiger partial charge < -0.3 is 9.47 Å². The molecule has 0 aliphatic carbocycles. The lowest BCUT2D eigenvalue weighted by molar-refractivity contribution is -0.144. The molecule has 1 unspecified atom stereocenters. The van der Waals surface area contributed by atoms with Crippen molar-refractivity contribution in [2.45, 2.75) is 18.9 Å². The lowest BCUT2D eigenvalue weighted by Crippen LogP contribution is -2.32. The number of ether oxygens (including phenoxy) is 2. The van der Waals surface area contributed by atoms with Crippen molar-refractivity contribution in [2.75, 3.05) is 14.2 Å². The van der Waals surface area contributed by atoms with Gasteiger partial charge in [0, 0.05) is 6.42 Å². The Balaban J connectivity index is 3.85. The first kappa shape index (κ1) is 12.2. The van der Waals surface area contributed by atoms with Gasteiger partial charge in [0.1, 0.15) is 6.04 Å². The van der Waals surface area contributed by atoms with Crippen molar-refractivity contribution in [1.29, 1.82) is 0 Å². The molecule has 0 amide bonds. The summed E-state index contributed by atoms with van der Waals surface area (Å²) in [6, 6.07) is -0.576. The Morgan fingerprint density at radius 3 is 2.38 bits per heavy atom. The van der Waals surface area contributed by atoms with E-state index in [4.69, 9.17) is 0 Å². The van der Waals surface area contributed by atoms with E-state index in [2.05, 4.69) is 27.0 Å². The van der Waals surface area contributed by atoms with Crippen LogP contribution in [0.4, 0.5) is 0 Å². The van der Waals surface area contributed by atoms with Gasteiger partial charge in [-0.2, -0.15) is 0 Å². The maximum absolute atomic E-state index is 11.0. The first-order valence-corrected chi connectivity index (χ1v) is 4.14. The standard InChI is InChI=1S/C7H13NO4S/c1-11-6(9)4-3-5(8-13)7(10)12-2/h5,8,13H,3-4H2,1-2H3. The second kappa shape index (κ2) is 6.73. The number of carbonyl (C=O) groups excluding carboxylic acids is 2. The monoisotopic (exact) mass is 207 g/mol. The van der Waals surface area contributed by atoms with Crippen molar-refractivity contribution < 1.29 is 19.1 Å². The molecule has 76 valence electrons. The highest BCUT2D eigenvalue weighted by molar-refractivity contribution is 7.78. The topological polar surface area (TPSA) is 64.6 Å². The second-order valence-corrected chi connectivity index (χ2v) is 2.58. The van der Waals surface area contributed by atoms with Crippen molar-refractivity contribution in [3.8, 4) is 0 Å². The van der Waals surface area contributed by atoms with Gasteiger partial charge >= 0.3 is 11.9 Å². The minimum Gasteiger partial charge on any atom is -0.469 e. The predicted octanol–water partition coefficient (Wildman–Crippen LogP) is -0.0844. The third-order valence-corrected chi connectivity index (χ3v) is 1.82. The molecule has 0 fully saturated rings. The minimum atomic E-state index is -0.576. The van der Waals surface area contributed by atoms with Gasteiger partial charge in [-0.3, -0.25) is 14.3 Å². The number of nitrogens with one attached hydrogen (secondary N) is 1. The Hall–Kier alpha value is -0.750. The van der Waals surface area contributed by atoms with Crippen LogP contribution in [0.5, 0.6) is 0 Å². The van der Waals surface area contributed by atoms with E-state index in [1.165, 1.54) is 14.2 Å². The third-order valence-electron chi connectivity index (χ3n) is 1.51. The van der Waals surface area contributed by atoms with E-state index in [0.717, 1.165) is 0 Å². The highest BCUT2D eigenvalue weighted by Gasteiger charge is 2.18. The molecule has 0 heterocycles. The lowest BCUT2D eigenvalue weighted by Gasteiger charge is -2.11. The Labute approximate surface area is 82.3 Å². The van der Waals surface area contributed by atoms with Crippen LogP contribution in [0.2, 0.25) is 0 Å². The summed E-state index contributed by atoms with van der Waals surface area (Å²) >= 11 is 3.74. The number of esters is 2. The fraction of sp³-hybridized carbons (Fsp3) is 0.714. The predicted molar refractivity (Wildman–Crippen MR) is 49.2 cm³/mol. The van der Waals surface area contributed by atoms with E-state index in [-0.39, 0.29) is 12.4 Å². The molecule has 0 rings (SSSR count). The van der Waals surface area contributed by atoms with Gasteiger partial charge in [-0.1, -0.05) is 12.8 Å². The molecule has 0 bridgehead atoms. The summed E-state index contributed by atoms with van der Waals surface area (Å²) in [6.07, 6.45) is 0.465. The number of hydrogen-bond donors (Lipinski definition) is 2. The third kappa shape index (κ3) is 4.74. The Morgan fingerprint density at radius 1 is 1.38 bits per heavy atom. The number of methoxy groups -OCH3 is 2. The van der Waals surface area contributed by atoms with Crippen LogP contribution in [-0.2, 0) is 19.1 Å². The van der Waals surface area contributed by atoms with Crippen LogP contribution in [0, 0.1) is 0 Å². The molecule has 0 aromatic heterocycles. The van der Waals surface area contributed by atoms with Crippen LogP contribution in [0.3, 0.4) is 0 Å². The van der Waals surface area contributed by atoms with E-state index in [1.807, 2.05) is 0 Å². The summed E-state index contributed by atoms with van der Waals surface area (Å²) in [5.74, 6) is -0.809. The van der Waals surface area contributed by atoms with Crippen LogP contribution in [-0.4, -0.2) is 32.2 Å². The second-order valence-electron chi connectivity index (χ2n) is 2.32. The quantitative estimate of drug-likeness (QED) is 0.487. The average Bonchev–Trinajstić information content (AvgIpc) is 2.17. The molecule has 0 aliphatic rings. The molecule has 0 saturated carbocycles. The van der Waals surface area contributed by atoms with Crippen LogP contribution in [0.1, 0.15) is 12.8 Å². The van der Waals surface area contributed by atoms with Crippen LogP contribution < -0.4 is 4.72 Å². The van der Waals surface area contributed by atoms with Crippen molar-refractivity contribution >= 4 is 24.8 Å². The lowest BCUT2D eigenvalue weighted by atomic mass is 10.2. The zero-order chi connectivity index (χ0) is 10.3. The molecular weight excluding hydrogens is 194 g/mol. The summed E-state index contributed by atoms with van der Waals surface area (Å²) in [6.45, 7) is 0. The maximum atomic E-state index is 11.0. The van der Waals surface area contributed by atoms with Crippen molar-refractivity contribution in [2.24, 2.45) is 0 Å². The molecule has 0 aromatic rings. The fourth-order valence-corrected chi connectivity index (χ4v) is 0.976. The number of carbonyl (C=O) groups is 2. The highest BCUT2D eigenvalue weighted by atomic mass is 32.1. The number of rotatable bonds is 5. The summed E-state index contributed by atoms with van der Waals surface area (Å²) < 4.78 is 11.3. The van der Waals surface area contributed by atoms with Gasteiger partial charge in [-0.25, -0.2) is 0 Å². The van der Waals surface area contributed by atoms with E-state index in [0.29, 0.717) is 6.42 Å². The Bertz CT molecular complexity index is 185. The van der Waals surface area contributed by atoms with Crippen LogP contribution >= 0.6 is 12.8 Å². The SMILES string of the molecule is COC(=O)CCC(NS)C(=O)OC. The highest BCUT2D eigenvalue weighted by Crippen LogP contribution is 2.01. The van der Waals surface area contributed by atoms with Gasteiger partial charge in [-0.15, -0.1) is 0 Å². The number of hydrogen-bond acceptors (Lipinski definition) is 6. The van der Waals surface area contributed by atoms with Crippen molar-refractivity contribution in [3.63, 3.8) is 0 Å².